The first-order valence-corrected chi connectivity index (χ1v) is 7.08. The number of β-amino-alcohol motifs (C(OH)–C–C–N with tert-alkyl or cyclic N) is 1. The molecule has 0 spiro atoms. The first-order chi connectivity index (χ1) is 8.75. The summed E-state index contributed by atoms with van der Waals surface area (Å²) in [5.41, 5.74) is 0. The quantitative estimate of drug-likeness (QED) is 0.834. The molecule has 2 atom stereocenters. The van der Waals surface area contributed by atoms with E-state index in [0.717, 1.165) is 18.1 Å². The lowest BCUT2D eigenvalue weighted by Crippen LogP contribution is -2.23. The van der Waals surface area contributed by atoms with Crippen LogP contribution in [0.4, 0.5) is 0 Å². The van der Waals surface area contributed by atoms with Crippen molar-refractivity contribution in [2.75, 3.05) is 6.54 Å². The lowest BCUT2D eigenvalue weighted by molar-refractivity contribution is 0.192. The highest BCUT2D eigenvalue weighted by atomic mass is 16.3. The van der Waals surface area contributed by atoms with E-state index in [1.807, 2.05) is 6.92 Å². The van der Waals surface area contributed by atoms with E-state index in [-0.39, 0.29) is 12.1 Å². The van der Waals surface area contributed by atoms with Crippen LogP contribution >= 0.6 is 0 Å². The molecule has 1 aliphatic carbocycles. The highest BCUT2D eigenvalue weighted by Gasteiger charge is 2.30. The van der Waals surface area contributed by atoms with Gasteiger partial charge in [-0.15, -0.1) is 10.2 Å². The third-order valence-electron chi connectivity index (χ3n) is 4.25. The SMILES string of the molecule is Cc1nnc([C@@H]2CC(O)CN2)n1C1CCCCC1. The summed E-state index contributed by atoms with van der Waals surface area (Å²) in [6.07, 6.45) is 6.96. The minimum atomic E-state index is -0.244. The molecular formula is C13H22N4O. The van der Waals surface area contributed by atoms with E-state index in [0.29, 0.717) is 12.6 Å². The van der Waals surface area contributed by atoms with Gasteiger partial charge >= 0.3 is 0 Å². The minimum Gasteiger partial charge on any atom is -0.392 e. The zero-order valence-corrected chi connectivity index (χ0v) is 11.0. The molecule has 0 bridgehead atoms. The van der Waals surface area contributed by atoms with E-state index in [4.69, 9.17) is 0 Å². The predicted octanol–water partition coefficient (Wildman–Crippen LogP) is 1.49. The molecule has 1 saturated carbocycles. The van der Waals surface area contributed by atoms with Crippen LogP contribution < -0.4 is 5.32 Å². The van der Waals surface area contributed by atoms with Gasteiger partial charge in [-0.25, -0.2) is 0 Å². The smallest absolute Gasteiger partial charge is 0.150 e. The van der Waals surface area contributed by atoms with Gasteiger partial charge in [0.25, 0.3) is 0 Å². The number of hydrogen-bond acceptors (Lipinski definition) is 4. The van der Waals surface area contributed by atoms with Crippen molar-refractivity contribution in [3.05, 3.63) is 11.6 Å². The Balaban J connectivity index is 1.86. The Hall–Kier alpha value is -0.940. The average molecular weight is 250 g/mol. The van der Waals surface area contributed by atoms with Gasteiger partial charge < -0.3 is 15.0 Å². The van der Waals surface area contributed by atoms with Crippen LogP contribution in [0.15, 0.2) is 0 Å². The number of aryl methyl sites for hydroxylation is 1. The fraction of sp³-hybridized carbons (Fsp3) is 0.846. The molecule has 18 heavy (non-hydrogen) atoms. The third kappa shape index (κ3) is 2.17. The van der Waals surface area contributed by atoms with Crippen LogP contribution in [0.5, 0.6) is 0 Å². The van der Waals surface area contributed by atoms with Gasteiger partial charge in [0.15, 0.2) is 5.82 Å². The first-order valence-electron chi connectivity index (χ1n) is 7.08. The van der Waals surface area contributed by atoms with Gasteiger partial charge in [-0.3, -0.25) is 0 Å². The molecule has 0 amide bonds. The maximum Gasteiger partial charge on any atom is 0.150 e. The molecule has 0 aromatic carbocycles. The Labute approximate surface area is 108 Å². The van der Waals surface area contributed by atoms with Gasteiger partial charge in [-0.2, -0.15) is 0 Å². The average Bonchev–Trinajstić information content (AvgIpc) is 2.96. The summed E-state index contributed by atoms with van der Waals surface area (Å²) in [5.74, 6) is 2.04. The molecule has 2 heterocycles. The van der Waals surface area contributed by atoms with E-state index in [9.17, 15) is 5.11 Å². The fourth-order valence-corrected chi connectivity index (χ4v) is 3.33. The summed E-state index contributed by atoms with van der Waals surface area (Å²) < 4.78 is 2.31. The second-order valence-corrected chi connectivity index (χ2v) is 5.62. The summed E-state index contributed by atoms with van der Waals surface area (Å²) in [6.45, 7) is 2.71. The van der Waals surface area contributed by atoms with Crippen molar-refractivity contribution < 1.29 is 5.11 Å². The fourth-order valence-electron chi connectivity index (χ4n) is 3.33. The molecule has 2 fully saturated rings. The van der Waals surface area contributed by atoms with Crippen LogP contribution in [0.2, 0.25) is 0 Å². The van der Waals surface area contributed by atoms with Crippen LogP contribution in [0, 0.1) is 6.92 Å². The highest BCUT2D eigenvalue weighted by Crippen LogP contribution is 2.32. The van der Waals surface area contributed by atoms with Gasteiger partial charge in [0, 0.05) is 12.6 Å². The number of rotatable bonds is 2. The highest BCUT2D eigenvalue weighted by molar-refractivity contribution is 5.06. The van der Waals surface area contributed by atoms with Gasteiger partial charge in [-0.1, -0.05) is 19.3 Å². The van der Waals surface area contributed by atoms with Gasteiger partial charge in [-0.05, 0) is 26.2 Å². The second-order valence-electron chi connectivity index (χ2n) is 5.62. The van der Waals surface area contributed by atoms with Crippen LogP contribution in [0.1, 0.15) is 62.3 Å². The summed E-state index contributed by atoms with van der Waals surface area (Å²) in [4.78, 5) is 0. The molecule has 1 aromatic heterocycles. The van der Waals surface area contributed by atoms with Crippen LogP contribution in [0.3, 0.4) is 0 Å². The number of nitrogens with one attached hydrogen (secondary N) is 1. The Bertz CT molecular complexity index is 411. The van der Waals surface area contributed by atoms with Crippen molar-refractivity contribution in [1.82, 2.24) is 20.1 Å². The summed E-state index contributed by atoms with van der Waals surface area (Å²) >= 11 is 0. The lowest BCUT2D eigenvalue weighted by Gasteiger charge is -2.26. The number of aromatic nitrogens is 3. The second kappa shape index (κ2) is 4.97. The molecule has 2 aliphatic rings. The number of aliphatic hydroxyl groups is 1. The van der Waals surface area contributed by atoms with Gasteiger partial charge in [0.05, 0.1) is 12.1 Å². The molecule has 5 heteroatoms. The monoisotopic (exact) mass is 250 g/mol. The zero-order chi connectivity index (χ0) is 12.5. The largest absolute Gasteiger partial charge is 0.392 e. The molecule has 1 aromatic rings. The molecule has 0 radical (unpaired) electrons. The molecule has 1 unspecified atom stereocenters. The maximum atomic E-state index is 9.65. The maximum absolute atomic E-state index is 9.65. The van der Waals surface area contributed by atoms with Crippen LogP contribution in [0.25, 0.3) is 0 Å². The van der Waals surface area contributed by atoms with Crippen molar-refractivity contribution in [2.24, 2.45) is 0 Å². The Morgan fingerprint density at radius 1 is 1.22 bits per heavy atom. The molecular weight excluding hydrogens is 228 g/mol. The Morgan fingerprint density at radius 2 is 2.00 bits per heavy atom. The van der Waals surface area contributed by atoms with E-state index in [1.165, 1.54) is 32.1 Å². The molecule has 2 N–H and O–H groups in total. The van der Waals surface area contributed by atoms with Crippen molar-refractivity contribution in [2.45, 2.75) is 63.6 Å². The number of aliphatic hydroxyl groups excluding tert-OH is 1. The normalized spacial score (nSPS) is 29.9. The van der Waals surface area contributed by atoms with Crippen molar-refractivity contribution in [3.8, 4) is 0 Å². The number of nitrogens with zero attached hydrogens (tertiary/aromatic N) is 3. The molecule has 1 aliphatic heterocycles. The van der Waals surface area contributed by atoms with E-state index >= 15 is 0 Å². The lowest BCUT2D eigenvalue weighted by atomic mass is 9.95. The summed E-state index contributed by atoms with van der Waals surface area (Å²) in [6, 6.07) is 0.728. The third-order valence-corrected chi connectivity index (χ3v) is 4.25. The minimum absolute atomic E-state index is 0.170. The van der Waals surface area contributed by atoms with E-state index < -0.39 is 0 Å². The van der Waals surface area contributed by atoms with Crippen molar-refractivity contribution in [3.63, 3.8) is 0 Å². The predicted molar refractivity (Wildman–Crippen MR) is 68.2 cm³/mol. The van der Waals surface area contributed by atoms with Gasteiger partial charge in [0.1, 0.15) is 5.82 Å². The molecule has 100 valence electrons. The summed E-state index contributed by atoms with van der Waals surface area (Å²) in [7, 11) is 0. The van der Waals surface area contributed by atoms with Crippen molar-refractivity contribution in [1.29, 1.82) is 0 Å². The van der Waals surface area contributed by atoms with Gasteiger partial charge in [0.2, 0.25) is 0 Å². The first kappa shape index (κ1) is 12.1. The van der Waals surface area contributed by atoms with E-state index in [2.05, 4.69) is 20.1 Å². The molecule has 5 nitrogen and oxygen atoms in total. The molecule has 3 rings (SSSR count). The van der Waals surface area contributed by atoms with Crippen molar-refractivity contribution >= 4 is 0 Å². The van der Waals surface area contributed by atoms with Crippen LogP contribution in [-0.4, -0.2) is 32.5 Å². The van der Waals surface area contributed by atoms with Crippen LogP contribution in [-0.2, 0) is 0 Å². The van der Waals surface area contributed by atoms with E-state index in [1.54, 1.807) is 0 Å². The Morgan fingerprint density at radius 3 is 2.67 bits per heavy atom. The summed E-state index contributed by atoms with van der Waals surface area (Å²) in [5, 5.41) is 21.6. The molecule has 1 saturated heterocycles. The Kier molecular flexibility index (Phi) is 3.35. The zero-order valence-electron chi connectivity index (χ0n) is 11.0. The standard InChI is InChI=1S/C13H22N4O/c1-9-15-16-13(12-7-11(18)8-14-12)17(9)10-5-3-2-4-6-10/h10-12,14,18H,2-8H2,1H3/t11?,12-/m0/s1. The number of hydrogen-bond donors (Lipinski definition) is 2. The topological polar surface area (TPSA) is 63.0 Å².